The van der Waals surface area contributed by atoms with Crippen LogP contribution in [0.15, 0.2) is 48.9 Å². The molecule has 0 atom stereocenters. The van der Waals surface area contributed by atoms with E-state index in [0.717, 1.165) is 16.6 Å². The molecule has 0 unspecified atom stereocenters. The van der Waals surface area contributed by atoms with Gasteiger partial charge in [-0.25, -0.2) is 15.0 Å². The molecule has 6 heteroatoms. The minimum absolute atomic E-state index is 0.0619. The van der Waals surface area contributed by atoms with Gasteiger partial charge in [0.05, 0.1) is 10.6 Å². The van der Waals surface area contributed by atoms with Crippen LogP contribution >= 0.6 is 0 Å². The summed E-state index contributed by atoms with van der Waals surface area (Å²) >= 11 is 0. The Morgan fingerprint density at radius 2 is 1.84 bits per heavy atom. The lowest BCUT2D eigenvalue weighted by Gasteiger charge is -2.02. The highest BCUT2D eigenvalue weighted by molar-refractivity contribution is 5.77. The number of hydrogen-bond acceptors (Lipinski definition) is 5. The second-order valence-corrected chi connectivity index (χ2v) is 3.94. The first-order chi connectivity index (χ1) is 9.24. The molecule has 1 aromatic carbocycles. The molecule has 92 valence electrons. The van der Waals surface area contributed by atoms with Gasteiger partial charge in [-0.1, -0.05) is 0 Å². The van der Waals surface area contributed by atoms with Crippen LogP contribution in [0.1, 0.15) is 0 Å². The molecule has 0 aliphatic heterocycles. The Kier molecular flexibility index (Phi) is 2.60. The monoisotopic (exact) mass is 252 g/mol. The average molecular weight is 252 g/mol. The zero-order valence-electron chi connectivity index (χ0n) is 9.72. The van der Waals surface area contributed by atoms with E-state index in [1.807, 2.05) is 12.1 Å². The van der Waals surface area contributed by atoms with E-state index < -0.39 is 4.92 Å². The van der Waals surface area contributed by atoms with E-state index >= 15 is 0 Å². The molecule has 0 saturated heterocycles. The molecule has 6 nitrogen and oxygen atoms in total. The number of aromatic nitrogens is 3. The van der Waals surface area contributed by atoms with Gasteiger partial charge >= 0.3 is 0 Å². The van der Waals surface area contributed by atoms with Crippen molar-refractivity contribution < 1.29 is 4.92 Å². The predicted molar refractivity (Wildman–Crippen MR) is 69.4 cm³/mol. The van der Waals surface area contributed by atoms with E-state index in [1.165, 1.54) is 18.5 Å². The number of non-ortho nitro benzene ring substituents is 1. The van der Waals surface area contributed by atoms with E-state index in [2.05, 4.69) is 15.0 Å². The predicted octanol–water partition coefficient (Wildman–Crippen LogP) is 2.60. The van der Waals surface area contributed by atoms with Crippen LogP contribution in [0.25, 0.3) is 22.3 Å². The standard InChI is InChI=1S/C13H8N4O2/c18-17(19)11-4-1-9(2-5-11)12-6-3-10-7-14-8-15-13(10)16-12/h1-8H. The molecule has 0 aliphatic rings. The Bertz CT molecular complexity index is 756. The third-order valence-electron chi connectivity index (χ3n) is 2.74. The number of pyridine rings is 1. The van der Waals surface area contributed by atoms with Crippen molar-refractivity contribution in [2.24, 2.45) is 0 Å². The third kappa shape index (κ3) is 2.11. The van der Waals surface area contributed by atoms with Crippen molar-refractivity contribution in [1.29, 1.82) is 0 Å². The summed E-state index contributed by atoms with van der Waals surface area (Å²) in [5.41, 5.74) is 2.20. The number of hydrogen-bond donors (Lipinski definition) is 0. The number of fused-ring (bicyclic) bond motifs is 1. The van der Waals surface area contributed by atoms with Gasteiger partial charge < -0.3 is 0 Å². The van der Waals surface area contributed by atoms with Gasteiger partial charge in [0, 0.05) is 29.3 Å². The maximum absolute atomic E-state index is 10.6. The lowest BCUT2D eigenvalue weighted by atomic mass is 10.1. The summed E-state index contributed by atoms with van der Waals surface area (Å²) in [6, 6.07) is 9.98. The first-order valence-electron chi connectivity index (χ1n) is 5.55. The smallest absolute Gasteiger partial charge is 0.258 e. The second kappa shape index (κ2) is 4.41. The second-order valence-electron chi connectivity index (χ2n) is 3.94. The molecule has 2 heterocycles. The summed E-state index contributed by atoms with van der Waals surface area (Å²) in [5, 5.41) is 11.5. The summed E-state index contributed by atoms with van der Waals surface area (Å²) in [4.78, 5) is 22.6. The van der Waals surface area contributed by atoms with Gasteiger partial charge in [0.1, 0.15) is 6.33 Å². The van der Waals surface area contributed by atoms with Gasteiger partial charge in [-0.15, -0.1) is 0 Å². The summed E-state index contributed by atoms with van der Waals surface area (Å²) in [7, 11) is 0. The molecular formula is C13H8N4O2. The van der Waals surface area contributed by atoms with Crippen LogP contribution < -0.4 is 0 Å². The van der Waals surface area contributed by atoms with Crippen molar-refractivity contribution in [2.75, 3.05) is 0 Å². The fourth-order valence-electron chi connectivity index (χ4n) is 1.78. The molecule has 0 radical (unpaired) electrons. The van der Waals surface area contributed by atoms with Crippen LogP contribution in [0.5, 0.6) is 0 Å². The van der Waals surface area contributed by atoms with Crippen molar-refractivity contribution in [3.8, 4) is 11.3 Å². The normalized spacial score (nSPS) is 10.5. The number of benzene rings is 1. The lowest BCUT2D eigenvalue weighted by molar-refractivity contribution is -0.384. The first-order valence-corrected chi connectivity index (χ1v) is 5.55. The molecule has 3 rings (SSSR count). The molecule has 3 aromatic rings. The van der Waals surface area contributed by atoms with Gasteiger partial charge in [-0.05, 0) is 24.3 Å². The molecule has 0 saturated carbocycles. The van der Waals surface area contributed by atoms with Crippen molar-refractivity contribution in [1.82, 2.24) is 15.0 Å². The van der Waals surface area contributed by atoms with E-state index in [0.29, 0.717) is 5.65 Å². The zero-order chi connectivity index (χ0) is 13.2. The maximum Gasteiger partial charge on any atom is 0.269 e. The number of rotatable bonds is 2. The van der Waals surface area contributed by atoms with Crippen molar-refractivity contribution in [3.05, 3.63) is 59.0 Å². The quantitative estimate of drug-likeness (QED) is 0.517. The molecule has 0 fully saturated rings. The summed E-state index contributed by atoms with van der Waals surface area (Å²) in [6.45, 7) is 0. The number of nitro groups is 1. The Labute approximate surface area is 107 Å². The van der Waals surface area contributed by atoms with Gasteiger partial charge in [0.25, 0.3) is 5.69 Å². The van der Waals surface area contributed by atoms with Crippen LogP contribution in [0.4, 0.5) is 5.69 Å². The largest absolute Gasteiger partial charge is 0.269 e. The molecule has 0 spiro atoms. The fraction of sp³-hybridized carbons (Fsp3) is 0. The van der Waals surface area contributed by atoms with Gasteiger partial charge in [0.15, 0.2) is 5.65 Å². The van der Waals surface area contributed by atoms with E-state index in [-0.39, 0.29) is 5.69 Å². The molecule has 0 N–H and O–H groups in total. The first kappa shape index (κ1) is 11.2. The van der Waals surface area contributed by atoms with Crippen LogP contribution in [-0.4, -0.2) is 19.9 Å². The SMILES string of the molecule is O=[N+]([O-])c1ccc(-c2ccc3cncnc3n2)cc1. The molecular weight excluding hydrogens is 244 g/mol. The summed E-state index contributed by atoms with van der Waals surface area (Å²) in [5.74, 6) is 0. The van der Waals surface area contributed by atoms with Crippen molar-refractivity contribution in [2.45, 2.75) is 0 Å². The van der Waals surface area contributed by atoms with E-state index in [9.17, 15) is 10.1 Å². The number of nitrogens with zero attached hydrogens (tertiary/aromatic N) is 4. The third-order valence-corrected chi connectivity index (χ3v) is 2.74. The summed E-state index contributed by atoms with van der Waals surface area (Å²) < 4.78 is 0. The van der Waals surface area contributed by atoms with E-state index in [4.69, 9.17) is 0 Å². The highest BCUT2D eigenvalue weighted by Crippen LogP contribution is 2.22. The maximum atomic E-state index is 10.6. The molecule has 0 bridgehead atoms. The van der Waals surface area contributed by atoms with Gasteiger partial charge in [-0.3, -0.25) is 10.1 Å². The topological polar surface area (TPSA) is 81.8 Å². The fourth-order valence-corrected chi connectivity index (χ4v) is 1.78. The Morgan fingerprint density at radius 1 is 1.05 bits per heavy atom. The van der Waals surface area contributed by atoms with Gasteiger partial charge in [-0.2, -0.15) is 0 Å². The minimum atomic E-state index is -0.426. The Hall–Kier alpha value is -2.89. The minimum Gasteiger partial charge on any atom is -0.258 e. The van der Waals surface area contributed by atoms with Gasteiger partial charge in [0.2, 0.25) is 0 Å². The highest BCUT2D eigenvalue weighted by Gasteiger charge is 2.06. The highest BCUT2D eigenvalue weighted by atomic mass is 16.6. The zero-order valence-corrected chi connectivity index (χ0v) is 9.72. The van der Waals surface area contributed by atoms with Crippen LogP contribution in [-0.2, 0) is 0 Å². The van der Waals surface area contributed by atoms with E-state index in [1.54, 1.807) is 18.3 Å². The Morgan fingerprint density at radius 3 is 2.58 bits per heavy atom. The Balaban J connectivity index is 2.06. The average Bonchev–Trinajstić information content (AvgIpc) is 2.47. The molecule has 0 amide bonds. The van der Waals surface area contributed by atoms with Crippen LogP contribution in [0.3, 0.4) is 0 Å². The van der Waals surface area contributed by atoms with Crippen molar-refractivity contribution >= 4 is 16.7 Å². The molecule has 19 heavy (non-hydrogen) atoms. The molecule has 2 aromatic heterocycles. The number of nitro benzene ring substituents is 1. The summed E-state index contributed by atoms with van der Waals surface area (Å²) in [6.07, 6.45) is 3.13. The van der Waals surface area contributed by atoms with Crippen LogP contribution in [0.2, 0.25) is 0 Å². The van der Waals surface area contributed by atoms with Crippen molar-refractivity contribution in [3.63, 3.8) is 0 Å². The lowest BCUT2D eigenvalue weighted by Crippen LogP contribution is -1.90. The molecule has 0 aliphatic carbocycles. The van der Waals surface area contributed by atoms with Crippen LogP contribution in [0, 0.1) is 10.1 Å².